The van der Waals surface area contributed by atoms with E-state index in [4.69, 9.17) is 27.9 Å². The molecule has 0 aliphatic rings. The number of ether oxygens (including phenoxy) is 1. The summed E-state index contributed by atoms with van der Waals surface area (Å²) in [4.78, 5) is 0. The van der Waals surface area contributed by atoms with Crippen LogP contribution in [0.1, 0.15) is 38.5 Å². The van der Waals surface area contributed by atoms with Crippen molar-refractivity contribution in [3.8, 4) is 0 Å². The van der Waals surface area contributed by atoms with Gasteiger partial charge in [0, 0.05) is 11.8 Å². The normalized spacial score (nSPS) is 14.2. The summed E-state index contributed by atoms with van der Waals surface area (Å²) in [5.41, 5.74) is 0. The molecule has 3 heteroatoms. The first kappa shape index (κ1) is 17.0. The van der Waals surface area contributed by atoms with Gasteiger partial charge in [-0.3, -0.25) is 0 Å². The number of halogens is 2. The number of rotatable bonds is 12. The fraction of sp³-hybridized carbons (Fsp3) is 0.714. The highest BCUT2D eigenvalue weighted by Crippen LogP contribution is 2.17. The van der Waals surface area contributed by atoms with Crippen LogP contribution in [0.5, 0.6) is 0 Å². The van der Waals surface area contributed by atoms with Crippen molar-refractivity contribution in [3.63, 3.8) is 0 Å². The zero-order chi connectivity index (χ0) is 12.9. The average Bonchev–Trinajstić information content (AvgIpc) is 2.33. The van der Waals surface area contributed by atoms with Crippen LogP contribution in [0.15, 0.2) is 25.3 Å². The lowest BCUT2D eigenvalue weighted by Crippen LogP contribution is -2.22. The molecule has 0 aliphatic carbocycles. The Hall–Kier alpha value is 0.0200. The summed E-state index contributed by atoms with van der Waals surface area (Å²) >= 11 is 11.4. The van der Waals surface area contributed by atoms with E-state index in [0.717, 1.165) is 38.5 Å². The Labute approximate surface area is 116 Å². The zero-order valence-electron chi connectivity index (χ0n) is 10.5. The Morgan fingerprint density at radius 2 is 1.29 bits per heavy atom. The second kappa shape index (κ2) is 12.5. The van der Waals surface area contributed by atoms with Crippen LogP contribution >= 0.6 is 23.2 Å². The van der Waals surface area contributed by atoms with Gasteiger partial charge in [-0.2, -0.15) is 0 Å². The molecule has 0 amide bonds. The SMILES string of the molecule is C=CCC(CCCCl)OC(CC=C)CCCCl. The molecule has 0 saturated carbocycles. The highest BCUT2D eigenvalue weighted by molar-refractivity contribution is 6.18. The zero-order valence-corrected chi connectivity index (χ0v) is 12.1. The molecule has 0 radical (unpaired) electrons. The van der Waals surface area contributed by atoms with Crippen molar-refractivity contribution < 1.29 is 4.74 Å². The first-order valence-corrected chi connectivity index (χ1v) is 7.34. The third-order valence-electron chi connectivity index (χ3n) is 2.56. The Morgan fingerprint density at radius 3 is 1.59 bits per heavy atom. The summed E-state index contributed by atoms with van der Waals surface area (Å²) in [6, 6.07) is 0. The predicted octanol–water partition coefficient (Wildman–Crippen LogP) is 4.93. The number of alkyl halides is 2. The minimum atomic E-state index is 0.228. The lowest BCUT2D eigenvalue weighted by molar-refractivity contribution is -0.0171. The van der Waals surface area contributed by atoms with Crippen LogP contribution in [0.3, 0.4) is 0 Å². The maximum Gasteiger partial charge on any atom is 0.0613 e. The van der Waals surface area contributed by atoms with Crippen LogP contribution < -0.4 is 0 Å². The van der Waals surface area contributed by atoms with E-state index in [0.29, 0.717) is 11.8 Å². The van der Waals surface area contributed by atoms with E-state index in [2.05, 4.69) is 13.2 Å². The minimum absolute atomic E-state index is 0.228. The number of hydrogen-bond donors (Lipinski definition) is 0. The molecule has 0 heterocycles. The minimum Gasteiger partial charge on any atom is -0.374 e. The second-order valence-electron chi connectivity index (χ2n) is 4.09. The highest BCUT2D eigenvalue weighted by Gasteiger charge is 2.14. The van der Waals surface area contributed by atoms with E-state index in [-0.39, 0.29) is 12.2 Å². The molecule has 0 fully saturated rings. The van der Waals surface area contributed by atoms with Gasteiger partial charge >= 0.3 is 0 Å². The Kier molecular flexibility index (Phi) is 12.5. The van der Waals surface area contributed by atoms with Gasteiger partial charge in [0.15, 0.2) is 0 Å². The summed E-state index contributed by atoms with van der Waals surface area (Å²) < 4.78 is 6.08. The lowest BCUT2D eigenvalue weighted by Gasteiger charge is -2.23. The van der Waals surface area contributed by atoms with Crippen molar-refractivity contribution in [2.24, 2.45) is 0 Å². The Balaban J connectivity index is 4.11. The van der Waals surface area contributed by atoms with E-state index in [9.17, 15) is 0 Å². The maximum atomic E-state index is 6.08. The van der Waals surface area contributed by atoms with Crippen molar-refractivity contribution in [1.82, 2.24) is 0 Å². The van der Waals surface area contributed by atoms with Gasteiger partial charge in [0.25, 0.3) is 0 Å². The average molecular weight is 279 g/mol. The first-order valence-electron chi connectivity index (χ1n) is 6.27. The van der Waals surface area contributed by atoms with Crippen LogP contribution in [0.25, 0.3) is 0 Å². The van der Waals surface area contributed by atoms with Gasteiger partial charge in [-0.25, -0.2) is 0 Å². The molecule has 0 saturated heterocycles. The van der Waals surface area contributed by atoms with Crippen molar-refractivity contribution in [1.29, 1.82) is 0 Å². The quantitative estimate of drug-likeness (QED) is 0.363. The van der Waals surface area contributed by atoms with Crippen molar-refractivity contribution in [2.45, 2.75) is 50.7 Å². The second-order valence-corrected chi connectivity index (χ2v) is 4.85. The molecule has 0 bridgehead atoms. The predicted molar refractivity (Wildman–Crippen MR) is 78.2 cm³/mol. The van der Waals surface area contributed by atoms with E-state index < -0.39 is 0 Å². The first-order chi connectivity index (χ1) is 8.28. The molecule has 0 aromatic carbocycles. The van der Waals surface area contributed by atoms with Crippen molar-refractivity contribution in [2.75, 3.05) is 11.8 Å². The van der Waals surface area contributed by atoms with Crippen LogP contribution in [-0.2, 0) is 4.74 Å². The molecular weight excluding hydrogens is 255 g/mol. The molecule has 0 aromatic rings. The fourth-order valence-corrected chi connectivity index (χ4v) is 2.05. The van der Waals surface area contributed by atoms with Crippen LogP contribution in [-0.4, -0.2) is 24.0 Å². The standard InChI is InChI=1S/C14H24Cl2O/c1-3-7-13(9-5-11-15)17-14(8-4-2)10-6-12-16/h3-4,13-14H,1-2,5-12H2. The van der Waals surface area contributed by atoms with Crippen LogP contribution in [0.4, 0.5) is 0 Å². The summed E-state index contributed by atoms with van der Waals surface area (Å²) in [6.45, 7) is 7.54. The van der Waals surface area contributed by atoms with Crippen molar-refractivity contribution >= 4 is 23.2 Å². The highest BCUT2D eigenvalue weighted by atomic mass is 35.5. The van der Waals surface area contributed by atoms with E-state index in [1.54, 1.807) is 0 Å². The molecule has 0 aromatic heterocycles. The van der Waals surface area contributed by atoms with Gasteiger partial charge in [0.05, 0.1) is 12.2 Å². The third kappa shape index (κ3) is 9.70. The fourth-order valence-electron chi connectivity index (χ4n) is 1.74. The summed E-state index contributed by atoms with van der Waals surface area (Å²) in [5.74, 6) is 1.37. The summed E-state index contributed by atoms with van der Waals surface area (Å²) in [6.07, 6.45) is 9.98. The number of hydrogen-bond acceptors (Lipinski definition) is 1. The van der Waals surface area contributed by atoms with Gasteiger partial charge in [-0.15, -0.1) is 36.4 Å². The van der Waals surface area contributed by atoms with Gasteiger partial charge in [-0.05, 0) is 38.5 Å². The third-order valence-corrected chi connectivity index (χ3v) is 3.10. The molecule has 0 spiro atoms. The van der Waals surface area contributed by atoms with Crippen LogP contribution in [0.2, 0.25) is 0 Å². The van der Waals surface area contributed by atoms with Crippen molar-refractivity contribution in [3.05, 3.63) is 25.3 Å². The maximum absolute atomic E-state index is 6.08. The smallest absolute Gasteiger partial charge is 0.0613 e. The lowest BCUT2D eigenvalue weighted by atomic mass is 10.1. The van der Waals surface area contributed by atoms with Gasteiger partial charge in [0.1, 0.15) is 0 Å². The molecule has 1 nitrogen and oxygen atoms in total. The molecule has 2 unspecified atom stereocenters. The largest absolute Gasteiger partial charge is 0.374 e. The Bertz CT molecular complexity index is 175. The summed E-state index contributed by atoms with van der Waals surface area (Å²) in [5, 5.41) is 0. The monoisotopic (exact) mass is 278 g/mol. The van der Waals surface area contributed by atoms with Gasteiger partial charge < -0.3 is 4.74 Å². The van der Waals surface area contributed by atoms with E-state index in [1.807, 2.05) is 12.2 Å². The molecule has 0 aliphatic heterocycles. The van der Waals surface area contributed by atoms with Gasteiger partial charge in [0.2, 0.25) is 0 Å². The molecule has 0 N–H and O–H groups in total. The van der Waals surface area contributed by atoms with E-state index in [1.165, 1.54) is 0 Å². The molecule has 100 valence electrons. The van der Waals surface area contributed by atoms with Crippen LogP contribution in [0, 0.1) is 0 Å². The topological polar surface area (TPSA) is 9.23 Å². The Morgan fingerprint density at radius 1 is 0.882 bits per heavy atom. The molecule has 0 rings (SSSR count). The summed E-state index contributed by atoms with van der Waals surface area (Å²) in [7, 11) is 0. The van der Waals surface area contributed by atoms with E-state index >= 15 is 0 Å². The molecule has 17 heavy (non-hydrogen) atoms. The molecular formula is C14H24Cl2O. The van der Waals surface area contributed by atoms with Gasteiger partial charge in [-0.1, -0.05) is 12.2 Å². The molecule has 2 atom stereocenters.